The third kappa shape index (κ3) is 3.88. The molecule has 0 amide bonds. The van der Waals surface area contributed by atoms with Gasteiger partial charge in [-0.2, -0.15) is 0 Å². The van der Waals surface area contributed by atoms with Gasteiger partial charge < -0.3 is 8.85 Å². The van der Waals surface area contributed by atoms with Crippen LogP contribution in [0.3, 0.4) is 0 Å². The second-order valence-corrected chi connectivity index (χ2v) is 13.3. The second-order valence-electron chi connectivity index (χ2n) is 9.75. The van der Waals surface area contributed by atoms with E-state index in [1.165, 1.54) is 16.7 Å². The van der Waals surface area contributed by atoms with Crippen LogP contribution in [0, 0.1) is 13.8 Å². The first-order valence-corrected chi connectivity index (χ1v) is 13.4. The van der Waals surface area contributed by atoms with E-state index < -0.39 is 8.56 Å². The lowest BCUT2D eigenvalue weighted by Gasteiger charge is -2.23. The summed E-state index contributed by atoms with van der Waals surface area (Å²) in [6.07, 6.45) is 0.773. The van der Waals surface area contributed by atoms with Crippen LogP contribution < -0.4 is 0 Å². The topological polar surface area (TPSA) is 48.7 Å². The van der Waals surface area contributed by atoms with Gasteiger partial charge in [0.1, 0.15) is 11.5 Å². The first-order chi connectivity index (χ1) is 14.6. The Balaban J connectivity index is 2.01. The molecule has 0 fully saturated rings. The van der Waals surface area contributed by atoms with Crippen LogP contribution >= 0.6 is 0 Å². The van der Waals surface area contributed by atoms with Crippen LogP contribution in [0.1, 0.15) is 43.3 Å². The summed E-state index contributed by atoms with van der Waals surface area (Å²) in [7, 11) is 1.27. The average Bonchev–Trinajstić information content (AvgIpc) is 3.09. The van der Waals surface area contributed by atoms with Crippen molar-refractivity contribution in [3.63, 3.8) is 0 Å². The molecule has 0 radical (unpaired) electrons. The Morgan fingerprint density at radius 1 is 0.935 bits per heavy atom. The molecule has 4 aromatic rings. The van der Waals surface area contributed by atoms with E-state index in [4.69, 9.17) is 18.8 Å². The van der Waals surface area contributed by atoms with E-state index in [-0.39, 0.29) is 5.41 Å². The van der Waals surface area contributed by atoms with E-state index in [0.29, 0.717) is 0 Å². The van der Waals surface area contributed by atoms with E-state index >= 15 is 0 Å². The van der Waals surface area contributed by atoms with Crippen LogP contribution in [0.15, 0.2) is 30.3 Å². The highest BCUT2D eigenvalue weighted by molar-refractivity contribution is 6.65. The second kappa shape index (κ2) is 7.69. The van der Waals surface area contributed by atoms with Crippen LogP contribution in [0.4, 0.5) is 0 Å². The Morgan fingerprint density at radius 2 is 1.61 bits per heavy atom. The third-order valence-corrected chi connectivity index (χ3v) is 9.43. The number of benzene rings is 2. The molecule has 0 N–H and O–H groups in total. The molecule has 5 nitrogen and oxygen atoms in total. The van der Waals surface area contributed by atoms with E-state index in [9.17, 15) is 0 Å². The molecule has 0 spiro atoms. The van der Waals surface area contributed by atoms with Gasteiger partial charge in [0, 0.05) is 26.0 Å². The van der Waals surface area contributed by atoms with Crippen LogP contribution in [-0.2, 0) is 20.7 Å². The number of hydrogen-bond donors (Lipinski definition) is 0. The van der Waals surface area contributed by atoms with Crippen molar-refractivity contribution in [1.29, 1.82) is 0 Å². The zero-order chi connectivity index (χ0) is 22.6. The molecule has 164 valence electrons. The van der Waals surface area contributed by atoms with Crippen LogP contribution in [0.2, 0.25) is 12.6 Å². The molecule has 0 bridgehead atoms. The molecule has 31 heavy (non-hydrogen) atoms. The van der Waals surface area contributed by atoms with Crippen molar-refractivity contribution >= 4 is 36.1 Å². The summed E-state index contributed by atoms with van der Waals surface area (Å²) in [6.45, 7) is 13.1. The minimum atomic E-state index is -2.22. The molecule has 0 saturated heterocycles. The highest BCUT2D eigenvalue weighted by Gasteiger charge is 2.29. The largest absolute Gasteiger partial charge is 0.398 e. The number of aryl methyl sites for hydroxylation is 3. The Kier molecular flexibility index (Phi) is 5.44. The Morgan fingerprint density at radius 3 is 2.26 bits per heavy atom. The standard InChI is InChI=1S/C25H33N3O2Si/c1-16-13-21-22(14-17(16)2)28-23(11-12-31(8,29-6)30-7)26-20-15-18(25(3,4)5)9-10-19(20)24(28)27-21/h9-10,13-15H,11-12H2,1-8H3. The first-order valence-electron chi connectivity index (χ1n) is 10.9. The molecular formula is C25H33N3O2Si. The van der Waals surface area contributed by atoms with Crippen molar-refractivity contribution in [1.82, 2.24) is 14.4 Å². The fourth-order valence-corrected chi connectivity index (χ4v) is 5.29. The number of nitrogens with zero attached hydrogens (tertiary/aromatic N) is 3. The summed E-state index contributed by atoms with van der Waals surface area (Å²) in [5.41, 5.74) is 7.94. The summed E-state index contributed by atoms with van der Waals surface area (Å²) >= 11 is 0. The lowest BCUT2D eigenvalue weighted by atomic mass is 9.86. The zero-order valence-electron chi connectivity index (χ0n) is 20.0. The van der Waals surface area contributed by atoms with Gasteiger partial charge in [-0.15, -0.1) is 0 Å². The number of hydrogen-bond acceptors (Lipinski definition) is 4. The molecule has 0 unspecified atom stereocenters. The fourth-order valence-electron chi connectivity index (χ4n) is 4.04. The lowest BCUT2D eigenvalue weighted by molar-refractivity contribution is 0.249. The first kappa shape index (κ1) is 21.9. The lowest BCUT2D eigenvalue weighted by Crippen LogP contribution is -2.36. The number of fused-ring (bicyclic) bond motifs is 5. The highest BCUT2D eigenvalue weighted by atomic mass is 28.4. The monoisotopic (exact) mass is 435 g/mol. The van der Waals surface area contributed by atoms with Crippen molar-refractivity contribution in [2.75, 3.05) is 14.2 Å². The summed E-state index contributed by atoms with van der Waals surface area (Å²) in [5, 5.41) is 1.08. The SMILES string of the molecule is CO[Si](C)(CCc1nc2cc(C(C)(C)C)ccc2c2nc3cc(C)c(C)cc3n12)OC. The van der Waals surface area contributed by atoms with Crippen molar-refractivity contribution < 1.29 is 8.85 Å². The number of imidazole rings is 1. The smallest absolute Gasteiger partial charge is 0.334 e. The van der Waals surface area contributed by atoms with Crippen LogP contribution in [0.5, 0.6) is 0 Å². The molecule has 0 saturated carbocycles. The summed E-state index contributed by atoms with van der Waals surface area (Å²) in [5.74, 6) is 1.01. The maximum Gasteiger partial charge on any atom is 0.334 e. The number of aromatic nitrogens is 3. The normalized spacial score (nSPS) is 13.0. The quantitative estimate of drug-likeness (QED) is 0.369. The van der Waals surface area contributed by atoms with Crippen molar-refractivity contribution in [3.8, 4) is 0 Å². The van der Waals surface area contributed by atoms with Gasteiger partial charge in [0.05, 0.1) is 16.6 Å². The average molecular weight is 436 g/mol. The van der Waals surface area contributed by atoms with Gasteiger partial charge >= 0.3 is 8.56 Å². The van der Waals surface area contributed by atoms with Crippen molar-refractivity contribution in [3.05, 3.63) is 52.8 Å². The van der Waals surface area contributed by atoms with Gasteiger partial charge in [-0.3, -0.25) is 4.40 Å². The molecular weight excluding hydrogens is 402 g/mol. The van der Waals surface area contributed by atoms with E-state index in [0.717, 1.165) is 45.9 Å². The van der Waals surface area contributed by atoms with E-state index in [2.05, 4.69) is 75.9 Å². The van der Waals surface area contributed by atoms with Gasteiger partial charge in [-0.05, 0) is 72.8 Å². The molecule has 2 aromatic heterocycles. The van der Waals surface area contributed by atoms with Gasteiger partial charge in [-0.1, -0.05) is 26.8 Å². The minimum absolute atomic E-state index is 0.0636. The van der Waals surface area contributed by atoms with E-state index in [1.54, 1.807) is 14.2 Å². The number of rotatable bonds is 5. The minimum Gasteiger partial charge on any atom is -0.398 e. The molecule has 0 atom stereocenters. The van der Waals surface area contributed by atoms with Gasteiger partial charge in [0.15, 0.2) is 0 Å². The molecule has 4 rings (SSSR count). The van der Waals surface area contributed by atoms with E-state index in [1.807, 2.05) is 0 Å². The van der Waals surface area contributed by atoms with Crippen molar-refractivity contribution in [2.45, 2.75) is 59.0 Å². The predicted molar refractivity (Wildman–Crippen MR) is 130 cm³/mol. The maximum absolute atomic E-state index is 5.74. The zero-order valence-corrected chi connectivity index (χ0v) is 21.0. The molecule has 0 aliphatic carbocycles. The molecule has 2 heterocycles. The van der Waals surface area contributed by atoms with Gasteiger partial charge in [-0.25, -0.2) is 9.97 Å². The summed E-state index contributed by atoms with van der Waals surface area (Å²) in [4.78, 5) is 10.2. The molecule has 2 aromatic carbocycles. The van der Waals surface area contributed by atoms with Crippen LogP contribution in [0.25, 0.3) is 27.6 Å². The van der Waals surface area contributed by atoms with Crippen molar-refractivity contribution in [2.24, 2.45) is 0 Å². The van der Waals surface area contributed by atoms with Crippen LogP contribution in [-0.4, -0.2) is 37.1 Å². The molecule has 6 heteroatoms. The van der Waals surface area contributed by atoms with Gasteiger partial charge in [0.2, 0.25) is 0 Å². The Hall–Kier alpha value is -2.28. The third-order valence-electron chi connectivity index (χ3n) is 6.55. The highest BCUT2D eigenvalue weighted by Crippen LogP contribution is 2.31. The molecule has 0 aliphatic rings. The Bertz CT molecular complexity index is 1280. The Labute approximate surface area is 185 Å². The van der Waals surface area contributed by atoms with Gasteiger partial charge in [0.25, 0.3) is 0 Å². The fraction of sp³-hybridized carbons (Fsp3) is 0.440. The predicted octanol–water partition coefficient (Wildman–Crippen LogP) is 5.86. The molecule has 0 aliphatic heterocycles. The summed E-state index contributed by atoms with van der Waals surface area (Å²) in [6, 6.07) is 11.8. The maximum atomic E-state index is 5.74. The summed E-state index contributed by atoms with van der Waals surface area (Å²) < 4.78 is 13.7.